The van der Waals surface area contributed by atoms with Crippen LogP contribution in [0, 0.1) is 5.82 Å². The van der Waals surface area contributed by atoms with E-state index < -0.39 is 18.0 Å². The summed E-state index contributed by atoms with van der Waals surface area (Å²) >= 11 is 0. The van der Waals surface area contributed by atoms with Gasteiger partial charge in [0.05, 0.1) is 30.7 Å². The Bertz CT molecular complexity index is 1290. The van der Waals surface area contributed by atoms with Gasteiger partial charge in [-0.25, -0.2) is 13.9 Å². The van der Waals surface area contributed by atoms with Crippen molar-refractivity contribution in [1.29, 1.82) is 0 Å². The lowest BCUT2D eigenvalue weighted by atomic mass is 10.0. The van der Waals surface area contributed by atoms with E-state index in [4.69, 9.17) is 14.3 Å². The summed E-state index contributed by atoms with van der Waals surface area (Å²) in [6.07, 6.45) is 5.56. The van der Waals surface area contributed by atoms with Gasteiger partial charge in [0.25, 0.3) is 0 Å². The molecule has 2 atom stereocenters. The number of anilines is 1. The Hall–Kier alpha value is -3.90. The van der Waals surface area contributed by atoms with Crippen LogP contribution < -0.4 is 4.90 Å². The Labute approximate surface area is 226 Å². The summed E-state index contributed by atoms with van der Waals surface area (Å²) in [6.45, 7) is 5.84. The van der Waals surface area contributed by atoms with Gasteiger partial charge in [0.2, 0.25) is 0 Å². The van der Waals surface area contributed by atoms with Crippen molar-refractivity contribution >= 4 is 17.5 Å². The molecule has 5 rings (SSSR count). The normalized spacial score (nSPS) is 18.9. The third-order valence-electron chi connectivity index (χ3n) is 6.65. The molecule has 4 heterocycles. The standard InChI is InChI=1S/C27H32FN7O4/c1-3-37-12-4-10-33(2)16-21-14-26(31-39-21)25-8-5-19(15-29-25)23-7-6-20(13-24(23)28)35-18-22(38-27(35)36)17-34-11-9-30-32-34/h5-9,11,13,15,21-22H,3-4,10,12,14,16-18H2,1-2H3. The topological polar surface area (TPSA) is 107 Å². The molecule has 2 aliphatic heterocycles. The highest BCUT2D eigenvalue weighted by Crippen LogP contribution is 2.29. The molecule has 1 aromatic carbocycles. The number of carbonyl (C=O) groups excluding carboxylic acids is 1. The minimum atomic E-state index is -0.521. The number of likely N-dealkylation sites (N-methyl/N-ethyl adjacent to an activating group) is 1. The van der Waals surface area contributed by atoms with Crippen molar-refractivity contribution in [3.8, 4) is 11.1 Å². The molecular weight excluding hydrogens is 505 g/mol. The number of hydrogen-bond acceptors (Lipinski definition) is 9. The maximum Gasteiger partial charge on any atom is 0.414 e. The lowest BCUT2D eigenvalue weighted by Crippen LogP contribution is -2.30. The maximum absolute atomic E-state index is 15.1. The van der Waals surface area contributed by atoms with E-state index in [1.54, 1.807) is 35.4 Å². The molecule has 3 aromatic rings. The van der Waals surface area contributed by atoms with Gasteiger partial charge in [-0.05, 0) is 44.7 Å². The Balaban J connectivity index is 1.16. The number of aromatic nitrogens is 4. The number of carbonyl (C=O) groups is 1. The van der Waals surface area contributed by atoms with Gasteiger partial charge in [-0.2, -0.15) is 0 Å². The van der Waals surface area contributed by atoms with Crippen LogP contribution in [0.1, 0.15) is 25.5 Å². The second-order valence-corrected chi connectivity index (χ2v) is 9.62. The molecule has 0 radical (unpaired) electrons. The highest BCUT2D eigenvalue weighted by Gasteiger charge is 2.33. The highest BCUT2D eigenvalue weighted by molar-refractivity contribution is 5.99. The Morgan fingerprint density at radius 2 is 2.13 bits per heavy atom. The monoisotopic (exact) mass is 537 g/mol. The molecule has 2 aliphatic rings. The first-order chi connectivity index (χ1) is 19.0. The van der Waals surface area contributed by atoms with Crippen molar-refractivity contribution in [3.05, 3.63) is 60.4 Å². The van der Waals surface area contributed by atoms with Crippen molar-refractivity contribution < 1.29 is 23.5 Å². The molecule has 39 heavy (non-hydrogen) atoms. The number of nitrogens with zero attached hydrogens (tertiary/aromatic N) is 7. The van der Waals surface area contributed by atoms with E-state index in [2.05, 4.69) is 32.4 Å². The zero-order valence-corrected chi connectivity index (χ0v) is 22.1. The van der Waals surface area contributed by atoms with Gasteiger partial charge in [-0.15, -0.1) is 5.10 Å². The minimum Gasteiger partial charge on any atom is -0.442 e. The van der Waals surface area contributed by atoms with Gasteiger partial charge < -0.3 is 19.2 Å². The van der Waals surface area contributed by atoms with Gasteiger partial charge in [0.15, 0.2) is 0 Å². The summed E-state index contributed by atoms with van der Waals surface area (Å²) in [6, 6.07) is 8.33. The Kier molecular flexibility index (Phi) is 8.42. The summed E-state index contributed by atoms with van der Waals surface area (Å²) < 4.78 is 27.5. The summed E-state index contributed by atoms with van der Waals surface area (Å²) in [5.41, 5.74) is 2.92. The largest absolute Gasteiger partial charge is 0.442 e. The molecule has 12 heteroatoms. The van der Waals surface area contributed by atoms with Gasteiger partial charge in [0.1, 0.15) is 23.7 Å². The first kappa shape index (κ1) is 26.7. The van der Waals surface area contributed by atoms with E-state index in [0.29, 0.717) is 42.0 Å². The van der Waals surface area contributed by atoms with Crippen LogP contribution in [0.25, 0.3) is 11.1 Å². The summed E-state index contributed by atoms with van der Waals surface area (Å²) in [7, 11) is 2.06. The van der Waals surface area contributed by atoms with Crippen LogP contribution in [0.2, 0.25) is 0 Å². The number of ether oxygens (including phenoxy) is 2. The van der Waals surface area contributed by atoms with E-state index in [1.165, 1.54) is 11.0 Å². The third-order valence-corrected chi connectivity index (χ3v) is 6.65. The molecule has 206 valence electrons. The maximum atomic E-state index is 15.1. The second-order valence-electron chi connectivity index (χ2n) is 9.62. The zero-order chi connectivity index (χ0) is 27.2. The molecule has 1 fully saturated rings. The highest BCUT2D eigenvalue weighted by atomic mass is 19.1. The van der Waals surface area contributed by atoms with Crippen LogP contribution >= 0.6 is 0 Å². The van der Waals surface area contributed by atoms with E-state index in [-0.39, 0.29) is 6.10 Å². The molecule has 11 nitrogen and oxygen atoms in total. The summed E-state index contributed by atoms with van der Waals surface area (Å²) in [4.78, 5) is 26.2. The molecular formula is C27H32FN7O4. The molecule has 1 amide bonds. The predicted molar refractivity (Wildman–Crippen MR) is 142 cm³/mol. The third kappa shape index (κ3) is 6.58. The van der Waals surface area contributed by atoms with Crippen molar-refractivity contribution in [2.45, 2.75) is 38.5 Å². The fourth-order valence-electron chi connectivity index (χ4n) is 4.69. The molecule has 2 aromatic heterocycles. The lowest BCUT2D eigenvalue weighted by molar-refractivity contribution is 0.0559. The van der Waals surface area contributed by atoms with Crippen LogP contribution in [-0.2, 0) is 20.9 Å². The lowest BCUT2D eigenvalue weighted by Gasteiger charge is -2.19. The van der Waals surface area contributed by atoms with Gasteiger partial charge >= 0.3 is 6.09 Å². The SMILES string of the molecule is CCOCCCN(C)CC1CC(c2ccc(-c3ccc(N4CC(Cn5ccnn5)OC4=O)cc3F)cn2)=NO1. The van der Waals surface area contributed by atoms with Gasteiger partial charge in [-0.3, -0.25) is 9.88 Å². The number of pyridine rings is 1. The molecule has 0 saturated carbocycles. The molecule has 0 bridgehead atoms. The van der Waals surface area contributed by atoms with Crippen LogP contribution in [0.15, 0.2) is 54.1 Å². The van der Waals surface area contributed by atoms with Crippen LogP contribution in [-0.4, -0.2) is 88.8 Å². The number of amides is 1. The number of hydrogen-bond donors (Lipinski definition) is 0. The number of rotatable bonds is 12. The zero-order valence-electron chi connectivity index (χ0n) is 22.1. The van der Waals surface area contributed by atoms with Gasteiger partial charge in [0, 0.05) is 56.2 Å². The number of cyclic esters (lactones) is 1. The molecule has 0 aliphatic carbocycles. The molecule has 2 unspecified atom stereocenters. The number of benzene rings is 1. The van der Waals surface area contributed by atoms with Crippen LogP contribution in [0.3, 0.4) is 0 Å². The Morgan fingerprint density at radius 1 is 1.23 bits per heavy atom. The van der Waals surface area contributed by atoms with Crippen LogP contribution in [0.5, 0.6) is 0 Å². The molecule has 0 N–H and O–H groups in total. The predicted octanol–water partition coefficient (Wildman–Crippen LogP) is 3.36. The van der Waals surface area contributed by atoms with Crippen molar-refractivity contribution in [2.75, 3.05) is 44.8 Å². The number of halogens is 1. The van der Waals surface area contributed by atoms with E-state index in [1.807, 2.05) is 19.1 Å². The first-order valence-electron chi connectivity index (χ1n) is 13.1. The molecule has 0 spiro atoms. The van der Waals surface area contributed by atoms with E-state index in [9.17, 15) is 4.79 Å². The van der Waals surface area contributed by atoms with E-state index in [0.717, 1.165) is 38.4 Å². The fraction of sp³-hybridized carbons (Fsp3) is 0.444. The smallest absolute Gasteiger partial charge is 0.414 e. The summed E-state index contributed by atoms with van der Waals surface area (Å²) in [5, 5.41) is 11.9. The second kappa shape index (κ2) is 12.3. The van der Waals surface area contributed by atoms with Crippen molar-refractivity contribution in [2.24, 2.45) is 5.16 Å². The van der Waals surface area contributed by atoms with Gasteiger partial charge in [-0.1, -0.05) is 16.4 Å². The average molecular weight is 538 g/mol. The number of oxime groups is 1. The van der Waals surface area contributed by atoms with Crippen molar-refractivity contribution in [1.82, 2.24) is 24.9 Å². The fourth-order valence-corrected chi connectivity index (χ4v) is 4.69. The molecule has 1 saturated heterocycles. The Morgan fingerprint density at radius 3 is 2.87 bits per heavy atom. The summed E-state index contributed by atoms with van der Waals surface area (Å²) in [5.74, 6) is -0.455. The van der Waals surface area contributed by atoms with E-state index >= 15 is 4.39 Å². The average Bonchev–Trinajstić information content (AvgIpc) is 3.69. The quantitative estimate of drug-likeness (QED) is 0.324. The van der Waals surface area contributed by atoms with Crippen molar-refractivity contribution in [3.63, 3.8) is 0 Å². The minimum absolute atomic E-state index is 0.0309. The van der Waals surface area contributed by atoms with Crippen LogP contribution in [0.4, 0.5) is 14.9 Å². The first-order valence-corrected chi connectivity index (χ1v) is 13.1.